The van der Waals surface area contributed by atoms with Gasteiger partial charge in [-0.2, -0.15) is 11.8 Å². The number of rotatable bonds is 3. The van der Waals surface area contributed by atoms with Crippen LogP contribution < -0.4 is 10.5 Å². The first-order valence-electron chi connectivity index (χ1n) is 6.61. The second kappa shape index (κ2) is 7.52. The molecule has 114 valence electrons. The molecule has 1 saturated heterocycles. The number of hydrogen-bond acceptors (Lipinski definition) is 4. The predicted octanol–water partition coefficient (Wildman–Crippen LogP) is 1.82. The molecule has 0 amide bonds. The molecule has 3 N–H and O–H groups in total. The smallest absolute Gasteiger partial charge is 0.242 e. The number of nitrogens with one attached hydrogen (secondary N) is 1. The van der Waals surface area contributed by atoms with Crippen molar-refractivity contribution in [2.75, 3.05) is 18.1 Å². The lowest BCUT2D eigenvalue weighted by Crippen LogP contribution is -2.38. The van der Waals surface area contributed by atoms with E-state index in [1.54, 1.807) is 23.9 Å². The molecule has 1 aromatic rings. The largest absolute Gasteiger partial charge is 0.320 e. The third-order valence-corrected chi connectivity index (χ3v) is 6.26. The summed E-state index contributed by atoms with van der Waals surface area (Å²) in [6.07, 6.45) is 1.89. The Bertz CT molecular complexity index is 659. The van der Waals surface area contributed by atoms with Crippen LogP contribution >= 0.6 is 23.4 Å². The summed E-state index contributed by atoms with van der Waals surface area (Å²) in [7, 11) is -3.60. The van der Waals surface area contributed by atoms with E-state index in [0.29, 0.717) is 5.56 Å². The molecule has 0 bridgehead atoms. The molecular weight excluding hydrogens is 328 g/mol. The van der Waals surface area contributed by atoms with Crippen LogP contribution in [0.1, 0.15) is 18.4 Å². The lowest BCUT2D eigenvalue weighted by molar-refractivity contribution is 0.543. The maximum absolute atomic E-state index is 12.4. The second-order valence-electron chi connectivity index (χ2n) is 4.69. The van der Waals surface area contributed by atoms with Crippen LogP contribution in [0.3, 0.4) is 0 Å². The first-order valence-corrected chi connectivity index (χ1v) is 9.63. The van der Waals surface area contributed by atoms with Crippen molar-refractivity contribution in [1.29, 1.82) is 0 Å². The standard InChI is InChI=1S/C14H17ClN2O2S2/c15-13-9-11(3-1-7-16)5-6-14(13)21(18,19)17-12-4-2-8-20-10-12/h5-6,9,12,17H,2,4,7-8,10,16H2. The van der Waals surface area contributed by atoms with Crippen molar-refractivity contribution in [1.82, 2.24) is 4.72 Å². The van der Waals surface area contributed by atoms with Crippen molar-refractivity contribution >= 4 is 33.4 Å². The van der Waals surface area contributed by atoms with Gasteiger partial charge in [-0.15, -0.1) is 0 Å². The number of halogens is 1. The Balaban J connectivity index is 2.19. The van der Waals surface area contributed by atoms with E-state index in [1.165, 1.54) is 6.07 Å². The van der Waals surface area contributed by atoms with Crippen LogP contribution in [0.2, 0.25) is 5.02 Å². The summed E-state index contributed by atoms with van der Waals surface area (Å²) in [6, 6.07) is 4.65. The molecule has 0 saturated carbocycles. The van der Waals surface area contributed by atoms with Crippen LogP contribution in [0.5, 0.6) is 0 Å². The van der Waals surface area contributed by atoms with E-state index >= 15 is 0 Å². The minimum atomic E-state index is -3.60. The predicted molar refractivity (Wildman–Crippen MR) is 88.1 cm³/mol. The summed E-state index contributed by atoms with van der Waals surface area (Å²) in [5.74, 6) is 7.43. The molecule has 1 aliphatic rings. The number of hydrogen-bond donors (Lipinski definition) is 2. The van der Waals surface area contributed by atoms with Crippen molar-refractivity contribution in [2.45, 2.75) is 23.8 Å². The van der Waals surface area contributed by atoms with Crippen molar-refractivity contribution < 1.29 is 8.42 Å². The van der Waals surface area contributed by atoms with Crippen LogP contribution in [0.15, 0.2) is 23.1 Å². The fourth-order valence-electron chi connectivity index (χ4n) is 2.07. The maximum atomic E-state index is 12.4. The molecule has 1 unspecified atom stereocenters. The third kappa shape index (κ3) is 4.63. The molecule has 1 aromatic carbocycles. The van der Waals surface area contributed by atoms with E-state index in [2.05, 4.69) is 16.6 Å². The molecule has 1 atom stereocenters. The summed E-state index contributed by atoms with van der Waals surface area (Å²) < 4.78 is 27.5. The molecule has 2 rings (SSSR count). The third-order valence-electron chi connectivity index (χ3n) is 3.04. The van der Waals surface area contributed by atoms with Gasteiger partial charge < -0.3 is 5.73 Å². The van der Waals surface area contributed by atoms with Gasteiger partial charge in [0, 0.05) is 17.4 Å². The normalized spacial score (nSPS) is 18.9. The van der Waals surface area contributed by atoms with Crippen molar-refractivity contribution in [3.8, 4) is 11.8 Å². The zero-order valence-electron chi connectivity index (χ0n) is 11.4. The summed E-state index contributed by atoms with van der Waals surface area (Å²) >= 11 is 7.85. The van der Waals surface area contributed by atoms with Crippen molar-refractivity contribution in [3.05, 3.63) is 28.8 Å². The maximum Gasteiger partial charge on any atom is 0.242 e. The summed E-state index contributed by atoms with van der Waals surface area (Å²) in [4.78, 5) is 0.0954. The molecule has 7 heteroatoms. The van der Waals surface area contributed by atoms with Crippen LogP contribution in [0.25, 0.3) is 0 Å². The Hall–Kier alpha value is -0.710. The fourth-order valence-corrected chi connectivity index (χ4v) is 5.06. The average molecular weight is 345 g/mol. The van der Waals surface area contributed by atoms with Gasteiger partial charge in [-0.3, -0.25) is 0 Å². The quantitative estimate of drug-likeness (QED) is 0.820. The van der Waals surface area contributed by atoms with Gasteiger partial charge in [0.15, 0.2) is 0 Å². The summed E-state index contributed by atoms with van der Waals surface area (Å²) in [6.45, 7) is 0.249. The first kappa shape index (κ1) is 16.7. The number of nitrogens with two attached hydrogens (primary N) is 1. The fraction of sp³-hybridized carbons (Fsp3) is 0.429. The minimum absolute atomic E-state index is 0.0264. The lowest BCUT2D eigenvalue weighted by Gasteiger charge is -2.22. The molecule has 0 aromatic heterocycles. The Labute approximate surface area is 134 Å². The summed E-state index contributed by atoms with van der Waals surface area (Å²) in [5, 5.41) is 0.176. The Morgan fingerprint density at radius 1 is 1.48 bits per heavy atom. The van der Waals surface area contributed by atoms with Crippen LogP contribution in [0, 0.1) is 11.8 Å². The monoisotopic (exact) mass is 344 g/mol. The highest BCUT2D eigenvalue weighted by atomic mass is 35.5. The van der Waals surface area contributed by atoms with E-state index in [0.717, 1.165) is 24.3 Å². The Morgan fingerprint density at radius 3 is 2.90 bits per heavy atom. The SMILES string of the molecule is NCC#Cc1ccc(S(=O)(=O)NC2CCCSC2)c(Cl)c1. The zero-order chi connectivity index (χ0) is 15.3. The van der Waals surface area contributed by atoms with Gasteiger partial charge in [0.2, 0.25) is 10.0 Å². The highest BCUT2D eigenvalue weighted by Gasteiger charge is 2.24. The lowest BCUT2D eigenvalue weighted by atomic mass is 10.2. The Kier molecular flexibility index (Phi) is 5.97. The van der Waals surface area contributed by atoms with Crippen molar-refractivity contribution in [3.63, 3.8) is 0 Å². The van der Waals surface area contributed by atoms with Gasteiger partial charge in [-0.25, -0.2) is 13.1 Å². The number of sulfonamides is 1. The van der Waals surface area contributed by atoms with E-state index in [-0.39, 0.29) is 22.5 Å². The Morgan fingerprint density at radius 2 is 2.29 bits per heavy atom. The van der Waals surface area contributed by atoms with Gasteiger partial charge in [0.1, 0.15) is 4.90 Å². The second-order valence-corrected chi connectivity index (χ2v) is 7.93. The highest BCUT2D eigenvalue weighted by Crippen LogP contribution is 2.24. The van der Waals surface area contributed by atoms with Gasteiger partial charge in [0.25, 0.3) is 0 Å². The molecule has 4 nitrogen and oxygen atoms in total. The summed E-state index contributed by atoms with van der Waals surface area (Å²) in [5.41, 5.74) is 5.95. The molecule has 0 aliphatic carbocycles. The molecule has 0 radical (unpaired) electrons. The molecule has 0 spiro atoms. The molecular formula is C14H17ClN2O2S2. The topological polar surface area (TPSA) is 72.2 Å². The molecule has 1 fully saturated rings. The number of thioether (sulfide) groups is 1. The van der Waals surface area contributed by atoms with E-state index < -0.39 is 10.0 Å². The van der Waals surface area contributed by atoms with Gasteiger partial charge in [-0.05, 0) is 36.8 Å². The highest BCUT2D eigenvalue weighted by molar-refractivity contribution is 7.99. The van der Waals surface area contributed by atoms with Crippen molar-refractivity contribution in [2.24, 2.45) is 5.73 Å². The van der Waals surface area contributed by atoms with E-state index in [4.69, 9.17) is 17.3 Å². The minimum Gasteiger partial charge on any atom is -0.320 e. The molecule has 1 aliphatic heterocycles. The van der Waals surface area contributed by atoms with Gasteiger partial charge >= 0.3 is 0 Å². The molecule has 21 heavy (non-hydrogen) atoms. The first-order chi connectivity index (χ1) is 10.0. The van der Waals surface area contributed by atoms with Crippen LogP contribution in [-0.4, -0.2) is 32.5 Å². The zero-order valence-corrected chi connectivity index (χ0v) is 13.8. The van der Waals surface area contributed by atoms with Crippen LogP contribution in [-0.2, 0) is 10.0 Å². The number of benzene rings is 1. The average Bonchev–Trinajstić information content (AvgIpc) is 2.45. The molecule has 1 heterocycles. The van der Waals surface area contributed by atoms with Gasteiger partial charge in [-0.1, -0.05) is 23.4 Å². The van der Waals surface area contributed by atoms with E-state index in [1.807, 2.05) is 0 Å². The van der Waals surface area contributed by atoms with E-state index in [9.17, 15) is 8.42 Å². The van der Waals surface area contributed by atoms with Crippen LogP contribution in [0.4, 0.5) is 0 Å². The van der Waals surface area contributed by atoms with Gasteiger partial charge in [0.05, 0.1) is 11.6 Å².